The molecule has 0 aromatic heterocycles. The second-order valence-electron chi connectivity index (χ2n) is 5.87. The van der Waals surface area contributed by atoms with Crippen LogP contribution in [0.15, 0.2) is 60.7 Å². The standard InChI is InChI=1S/C21H24N2O/c1-2-3-4-11-16-23(21(24)19-14-9-6-10-15-19)20(17-22)18-12-7-5-8-13-18/h5-10,12-15,20H,2-4,11,16H2,1H3/t20-/m0/s1. The summed E-state index contributed by atoms with van der Waals surface area (Å²) in [5.41, 5.74) is 1.49. The Morgan fingerprint density at radius 2 is 1.62 bits per heavy atom. The Labute approximate surface area is 144 Å². The molecule has 0 aliphatic rings. The minimum absolute atomic E-state index is 0.0810. The predicted octanol–water partition coefficient (Wildman–Crippen LogP) is 4.97. The van der Waals surface area contributed by atoms with Crippen LogP contribution in [0.5, 0.6) is 0 Å². The van der Waals surface area contributed by atoms with E-state index in [1.165, 1.54) is 0 Å². The van der Waals surface area contributed by atoms with E-state index in [4.69, 9.17) is 0 Å². The molecule has 3 heteroatoms. The fourth-order valence-corrected chi connectivity index (χ4v) is 2.76. The van der Waals surface area contributed by atoms with Crippen molar-refractivity contribution < 1.29 is 4.79 Å². The Morgan fingerprint density at radius 1 is 1.00 bits per heavy atom. The van der Waals surface area contributed by atoms with Gasteiger partial charge < -0.3 is 4.90 Å². The molecular weight excluding hydrogens is 296 g/mol. The number of hydrogen-bond acceptors (Lipinski definition) is 2. The summed E-state index contributed by atoms with van der Waals surface area (Å²) in [7, 11) is 0. The van der Waals surface area contributed by atoms with Gasteiger partial charge in [-0.2, -0.15) is 5.26 Å². The molecule has 24 heavy (non-hydrogen) atoms. The van der Waals surface area contributed by atoms with Crippen LogP contribution in [0.4, 0.5) is 0 Å². The van der Waals surface area contributed by atoms with E-state index in [0.29, 0.717) is 12.1 Å². The monoisotopic (exact) mass is 320 g/mol. The van der Waals surface area contributed by atoms with Gasteiger partial charge in [-0.05, 0) is 24.1 Å². The molecule has 0 saturated carbocycles. The lowest BCUT2D eigenvalue weighted by atomic mass is 10.0. The van der Waals surface area contributed by atoms with E-state index in [9.17, 15) is 10.1 Å². The van der Waals surface area contributed by atoms with Crippen molar-refractivity contribution in [2.24, 2.45) is 0 Å². The highest BCUT2D eigenvalue weighted by Crippen LogP contribution is 2.23. The highest BCUT2D eigenvalue weighted by molar-refractivity contribution is 5.94. The van der Waals surface area contributed by atoms with Crippen molar-refractivity contribution in [3.05, 3.63) is 71.8 Å². The molecule has 0 spiro atoms. The van der Waals surface area contributed by atoms with Crippen LogP contribution in [-0.4, -0.2) is 17.4 Å². The van der Waals surface area contributed by atoms with Crippen LogP contribution in [-0.2, 0) is 0 Å². The van der Waals surface area contributed by atoms with Gasteiger partial charge in [-0.1, -0.05) is 74.7 Å². The van der Waals surface area contributed by atoms with E-state index in [2.05, 4.69) is 13.0 Å². The van der Waals surface area contributed by atoms with Crippen LogP contribution in [0.1, 0.15) is 54.6 Å². The van der Waals surface area contributed by atoms with E-state index in [1.54, 1.807) is 17.0 Å². The van der Waals surface area contributed by atoms with Gasteiger partial charge in [-0.3, -0.25) is 4.79 Å². The van der Waals surface area contributed by atoms with Crippen molar-refractivity contribution in [2.75, 3.05) is 6.54 Å². The zero-order valence-electron chi connectivity index (χ0n) is 14.2. The third kappa shape index (κ3) is 4.70. The molecule has 1 atom stereocenters. The lowest BCUT2D eigenvalue weighted by Crippen LogP contribution is -2.35. The molecule has 0 bridgehead atoms. The fourth-order valence-electron chi connectivity index (χ4n) is 2.76. The molecule has 124 valence electrons. The molecule has 0 fully saturated rings. The zero-order valence-corrected chi connectivity index (χ0v) is 14.2. The molecular formula is C21H24N2O. The summed E-state index contributed by atoms with van der Waals surface area (Å²) < 4.78 is 0. The Kier molecular flexibility index (Phi) is 7.04. The third-order valence-electron chi connectivity index (χ3n) is 4.08. The van der Waals surface area contributed by atoms with Crippen LogP contribution in [0.3, 0.4) is 0 Å². The largest absolute Gasteiger partial charge is 0.319 e. The molecule has 0 unspecified atom stereocenters. The van der Waals surface area contributed by atoms with Gasteiger partial charge in [0.25, 0.3) is 5.91 Å². The van der Waals surface area contributed by atoms with Crippen molar-refractivity contribution in [1.82, 2.24) is 4.90 Å². The topological polar surface area (TPSA) is 44.1 Å². The molecule has 1 amide bonds. The van der Waals surface area contributed by atoms with Crippen molar-refractivity contribution in [2.45, 2.75) is 38.6 Å². The van der Waals surface area contributed by atoms with Gasteiger partial charge in [-0.15, -0.1) is 0 Å². The summed E-state index contributed by atoms with van der Waals surface area (Å²) in [5, 5.41) is 9.70. The molecule has 0 radical (unpaired) electrons. The quantitative estimate of drug-likeness (QED) is 0.644. The van der Waals surface area contributed by atoms with Gasteiger partial charge in [0.15, 0.2) is 0 Å². The Morgan fingerprint density at radius 3 is 2.21 bits per heavy atom. The molecule has 3 nitrogen and oxygen atoms in total. The average Bonchev–Trinajstić information content (AvgIpc) is 2.65. The number of nitrogens with zero attached hydrogens (tertiary/aromatic N) is 2. The number of unbranched alkanes of at least 4 members (excludes halogenated alkanes) is 3. The summed E-state index contributed by atoms with van der Waals surface area (Å²) >= 11 is 0. The van der Waals surface area contributed by atoms with Crippen molar-refractivity contribution >= 4 is 5.91 Å². The number of carbonyl (C=O) groups is 1. The van der Waals surface area contributed by atoms with Gasteiger partial charge in [0.05, 0.1) is 6.07 Å². The van der Waals surface area contributed by atoms with Crippen LogP contribution < -0.4 is 0 Å². The second-order valence-corrected chi connectivity index (χ2v) is 5.87. The first-order chi connectivity index (χ1) is 11.8. The number of nitriles is 1. The highest BCUT2D eigenvalue weighted by Gasteiger charge is 2.25. The molecule has 2 rings (SSSR count). The number of benzene rings is 2. The number of amides is 1. The number of carbonyl (C=O) groups excluding carboxylic acids is 1. The lowest BCUT2D eigenvalue weighted by molar-refractivity contribution is 0.0713. The van der Waals surface area contributed by atoms with E-state index < -0.39 is 6.04 Å². The van der Waals surface area contributed by atoms with E-state index >= 15 is 0 Å². The fraction of sp³-hybridized carbons (Fsp3) is 0.333. The molecule has 0 aliphatic carbocycles. The maximum atomic E-state index is 13.0. The minimum Gasteiger partial charge on any atom is -0.319 e. The first kappa shape index (κ1) is 17.7. The summed E-state index contributed by atoms with van der Waals surface area (Å²) in [4.78, 5) is 14.7. The normalized spacial score (nSPS) is 11.5. The number of hydrogen-bond donors (Lipinski definition) is 0. The van der Waals surface area contributed by atoms with Gasteiger partial charge >= 0.3 is 0 Å². The van der Waals surface area contributed by atoms with Gasteiger partial charge in [0, 0.05) is 12.1 Å². The first-order valence-corrected chi connectivity index (χ1v) is 8.58. The van der Waals surface area contributed by atoms with Gasteiger partial charge in [0.2, 0.25) is 0 Å². The van der Waals surface area contributed by atoms with Crippen LogP contribution in [0.25, 0.3) is 0 Å². The molecule has 0 saturated heterocycles. The molecule has 0 aliphatic heterocycles. The van der Waals surface area contributed by atoms with Crippen molar-refractivity contribution in [3.63, 3.8) is 0 Å². The smallest absolute Gasteiger partial charge is 0.255 e. The molecule has 0 heterocycles. The summed E-state index contributed by atoms with van der Waals surface area (Å²) in [6.07, 6.45) is 4.28. The van der Waals surface area contributed by atoms with Gasteiger partial charge in [-0.25, -0.2) is 0 Å². The SMILES string of the molecule is CCCCCCN(C(=O)c1ccccc1)[C@@H](C#N)c1ccccc1. The average molecular weight is 320 g/mol. The van der Waals surface area contributed by atoms with E-state index in [0.717, 1.165) is 31.2 Å². The van der Waals surface area contributed by atoms with Crippen LogP contribution in [0.2, 0.25) is 0 Å². The summed E-state index contributed by atoms with van der Waals surface area (Å²) in [5.74, 6) is -0.0810. The van der Waals surface area contributed by atoms with Crippen LogP contribution in [0, 0.1) is 11.3 Å². The Bertz CT molecular complexity index is 661. The van der Waals surface area contributed by atoms with Crippen molar-refractivity contribution in [3.8, 4) is 6.07 Å². The summed E-state index contributed by atoms with van der Waals surface area (Å²) in [6.45, 7) is 2.76. The molecule has 2 aromatic carbocycles. The second kappa shape index (κ2) is 9.52. The maximum Gasteiger partial charge on any atom is 0.255 e. The Balaban J connectivity index is 2.24. The molecule has 0 N–H and O–H groups in total. The summed E-state index contributed by atoms with van der Waals surface area (Å²) in [6, 6.07) is 20.5. The lowest BCUT2D eigenvalue weighted by Gasteiger charge is -2.28. The van der Waals surface area contributed by atoms with Crippen LogP contribution >= 0.6 is 0 Å². The Hall–Kier alpha value is -2.60. The predicted molar refractivity (Wildman–Crippen MR) is 96.4 cm³/mol. The van der Waals surface area contributed by atoms with Crippen molar-refractivity contribution in [1.29, 1.82) is 5.26 Å². The van der Waals surface area contributed by atoms with E-state index in [-0.39, 0.29) is 5.91 Å². The van der Waals surface area contributed by atoms with Gasteiger partial charge in [0.1, 0.15) is 6.04 Å². The number of rotatable bonds is 8. The zero-order chi connectivity index (χ0) is 17.2. The maximum absolute atomic E-state index is 13.0. The molecule has 2 aromatic rings. The highest BCUT2D eigenvalue weighted by atomic mass is 16.2. The third-order valence-corrected chi connectivity index (χ3v) is 4.08. The first-order valence-electron chi connectivity index (χ1n) is 8.58. The van der Waals surface area contributed by atoms with E-state index in [1.807, 2.05) is 48.5 Å². The minimum atomic E-state index is -0.555.